The Kier molecular flexibility index (Phi) is 3.91. The Bertz CT molecular complexity index is 590. The smallest absolute Gasteiger partial charge is 0.0681 e. The zero-order valence-corrected chi connectivity index (χ0v) is 12.1. The fourth-order valence-corrected chi connectivity index (χ4v) is 2.50. The molecule has 0 amide bonds. The minimum atomic E-state index is 0.0917. The lowest BCUT2D eigenvalue weighted by atomic mass is 10.1. The summed E-state index contributed by atoms with van der Waals surface area (Å²) in [6, 6.07) is 12.6. The van der Waals surface area contributed by atoms with Gasteiger partial charge in [-0.2, -0.15) is 0 Å². The summed E-state index contributed by atoms with van der Waals surface area (Å²) in [7, 11) is 2.08. The third kappa shape index (κ3) is 2.79. The van der Waals surface area contributed by atoms with Crippen molar-refractivity contribution in [2.45, 2.75) is 27.4 Å². The Morgan fingerprint density at radius 2 is 1.47 bits per heavy atom. The van der Waals surface area contributed by atoms with Crippen molar-refractivity contribution in [3.05, 3.63) is 58.7 Å². The maximum absolute atomic E-state index is 9.17. The van der Waals surface area contributed by atoms with Gasteiger partial charge in [-0.25, -0.2) is 0 Å². The summed E-state index contributed by atoms with van der Waals surface area (Å²) in [4.78, 5) is 2.20. The highest BCUT2D eigenvalue weighted by Gasteiger charge is 2.09. The Labute approximate surface area is 115 Å². The van der Waals surface area contributed by atoms with Crippen molar-refractivity contribution >= 4 is 11.4 Å². The number of anilines is 2. The molecule has 19 heavy (non-hydrogen) atoms. The molecule has 0 unspecified atom stereocenters. The van der Waals surface area contributed by atoms with Crippen molar-refractivity contribution in [2.75, 3.05) is 11.9 Å². The van der Waals surface area contributed by atoms with Crippen LogP contribution in [0, 0.1) is 20.8 Å². The first-order valence-corrected chi connectivity index (χ1v) is 6.54. The van der Waals surface area contributed by atoms with Gasteiger partial charge in [-0.15, -0.1) is 0 Å². The fourth-order valence-electron chi connectivity index (χ4n) is 2.50. The lowest BCUT2D eigenvalue weighted by molar-refractivity contribution is 0.282. The molecule has 0 bridgehead atoms. The van der Waals surface area contributed by atoms with E-state index in [9.17, 15) is 0 Å². The molecule has 0 radical (unpaired) electrons. The number of rotatable bonds is 3. The van der Waals surface area contributed by atoms with Gasteiger partial charge in [0.05, 0.1) is 6.61 Å². The molecule has 0 fully saturated rings. The number of aliphatic hydroxyl groups is 1. The number of hydrogen-bond acceptors (Lipinski definition) is 2. The van der Waals surface area contributed by atoms with Crippen LogP contribution < -0.4 is 4.90 Å². The minimum Gasteiger partial charge on any atom is -0.392 e. The van der Waals surface area contributed by atoms with Gasteiger partial charge >= 0.3 is 0 Å². The van der Waals surface area contributed by atoms with E-state index < -0.39 is 0 Å². The van der Waals surface area contributed by atoms with E-state index in [0.717, 1.165) is 5.56 Å². The molecule has 0 aliphatic heterocycles. The molecule has 0 aliphatic rings. The quantitative estimate of drug-likeness (QED) is 0.900. The molecule has 2 aromatic carbocycles. The summed E-state index contributed by atoms with van der Waals surface area (Å²) in [5.41, 5.74) is 7.06. The minimum absolute atomic E-state index is 0.0917. The number of aliphatic hydroxyl groups excluding tert-OH is 1. The van der Waals surface area contributed by atoms with Gasteiger partial charge in [0, 0.05) is 18.4 Å². The van der Waals surface area contributed by atoms with Gasteiger partial charge in [0.25, 0.3) is 0 Å². The lowest BCUT2D eigenvalue weighted by Gasteiger charge is -2.24. The van der Waals surface area contributed by atoms with Gasteiger partial charge in [-0.1, -0.05) is 29.8 Å². The summed E-state index contributed by atoms with van der Waals surface area (Å²) in [5.74, 6) is 0. The van der Waals surface area contributed by atoms with Gasteiger partial charge in [-0.3, -0.25) is 0 Å². The fraction of sp³-hybridized carbons (Fsp3) is 0.294. The van der Waals surface area contributed by atoms with E-state index in [1.165, 1.54) is 28.1 Å². The third-order valence-corrected chi connectivity index (χ3v) is 3.52. The average Bonchev–Trinajstić information content (AvgIpc) is 2.37. The molecular weight excluding hydrogens is 234 g/mol. The van der Waals surface area contributed by atoms with Crippen molar-refractivity contribution in [3.63, 3.8) is 0 Å². The zero-order valence-electron chi connectivity index (χ0n) is 12.1. The predicted molar refractivity (Wildman–Crippen MR) is 81.1 cm³/mol. The van der Waals surface area contributed by atoms with Crippen LogP contribution in [-0.4, -0.2) is 12.2 Å². The first kappa shape index (κ1) is 13.6. The van der Waals surface area contributed by atoms with E-state index in [1.54, 1.807) is 0 Å². The monoisotopic (exact) mass is 255 g/mol. The second kappa shape index (κ2) is 5.45. The molecule has 0 saturated heterocycles. The molecule has 0 aromatic heterocycles. The van der Waals surface area contributed by atoms with Gasteiger partial charge in [0.1, 0.15) is 0 Å². The molecular formula is C17H21NO. The van der Waals surface area contributed by atoms with Crippen LogP contribution in [0.2, 0.25) is 0 Å². The average molecular weight is 255 g/mol. The summed E-state index contributed by atoms with van der Waals surface area (Å²) in [5, 5.41) is 9.17. The molecule has 0 aliphatic carbocycles. The van der Waals surface area contributed by atoms with Crippen LogP contribution in [0.3, 0.4) is 0 Å². The number of nitrogens with zero attached hydrogens (tertiary/aromatic N) is 1. The normalized spacial score (nSPS) is 10.6. The van der Waals surface area contributed by atoms with E-state index in [4.69, 9.17) is 5.11 Å². The van der Waals surface area contributed by atoms with Gasteiger partial charge in [-0.05, 0) is 49.6 Å². The van der Waals surface area contributed by atoms with E-state index in [0.29, 0.717) is 0 Å². The van der Waals surface area contributed by atoms with E-state index >= 15 is 0 Å². The van der Waals surface area contributed by atoms with Crippen LogP contribution >= 0.6 is 0 Å². The zero-order chi connectivity index (χ0) is 14.0. The number of benzene rings is 2. The van der Waals surface area contributed by atoms with Gasteiger partial charge in [0.2, 0.25) is 0 Å². The molecule has 0 saturated carbocycles. The first-order valence-electron chi connectivity index (χ1n) is 6.54. The van der Waals surface area contributed by atoms with Crippen molar-refractivity contribution in [1.82, 2.24) is 0 Å². The highest BCUT2D eigenvalue weighted by atomic mass is 16.3. The maximum Gasteiger partial charge on any atom is 0.0681 e. The van der Waals surface area contributed by atoms with Crippen LogP contribution in [0.5, 0.6) is 0 Å². The van der Waals surface area contributed by atoms with Gasteiger partial charge < -0.3 is 10.0 Å². The molecule has 2 rings (SSSR count). The molecule has 2 nitrogen and oxygen atoms in total. The molecule has 100 valence electrons. The third-order valence-electron chi connectivity index (χ3n) is 3.52. The standard InChI is InChI=1S/C17H21NO/c1-12-5-7-16(13(2)9-12)18(4)17-8-6-15(11-19)10-14(17)3/h5-10,19H,11H2,1-4H3. The second-order valence-electron chi connectivity index (χ2n) is 5.13. The molecule has 0 spiro atoms. The molecule has 0 atom stereocenters. The van der Waals surface area contributed by atoms with Crippen molar-refractivity contribution in [1.29, 1.82) is 0 Å². The summed E-state index contributed by atoms with van der Waals surface area (Å²) in [6.45, 7) is 6.41. The largest absolute Gasteiger partial charge is 0.392 e. The molecule has 2 aromatic rings. The Morgan fingerprint density at radius 1 is 0.895 bits per heavy atom. The first-order chi connectivity index (χ1) is 9.02. The second-order valence-corrected chi connectivity index (χ2v) is 5.13. The predicted octanol–water partition coefficient (Wildman–Crippen LogP) is 3.87. The molecule has 1 N–H and O–H groups in total. The highest BCUT2D eigenvalue weighted by Crippen LogP contribution is 2.30. The lowest BCUT2D eigenvalue weighted by Crippen LogP contribution is -2.12. The Hall–Kier alpha value is -1.80. The topological polar surface area (TPSA) is 23.5 Å². The number of aryl methyl sites for hydroxylation is 3. The van der Waals surface area contributed by atoms with Crippen LogP contribution in [0.1, 0.15) is 22.3 Å². The highest BCUT2D eigenvalue weighted by molar-refractivity contribution is 5.68. The van der Waals surface area contributed by atoms with Crippen LogP contribution in [-0.2, 0) is 6.61 Å². The van der Waals surface area contributed by atoms with Crippen LogP contribution in [0.4, 0.5) is 11.4 Å². The summed E-state index contributed by atoms with van der Waals surface area (Å²) in [6.07, 6.45) is 0. The maximum atomic E-state index is 9.17. The molecule has 0 heterocycles. The van der Waals surface area contributed by atoms with E-state index in [2.05, 4.69) is 57.0 Å². The SMILES string of the molecule is Cc1ccc(N(C)c2ccc(CO)cc2C)c(C)c1. The van der Waals surface area contributed by atoms with Crippen LogP contribution in [0.25, 0.3) is 0 Å². The number of hydrogen-bond donors (Lipinski definition) is 1. The van der Waals surface area contributed by atoms with Crippen molar-refractivity contribution in [3.8, 4) is 0 Å². The molecule has 2 heteroatoms. The summed E-state index contributed by atoms with van der Waals surface area (Å²) < 4.78 is 0. The summed E-state index contributed by atoms with van der Waals surface area (Å²) >= 11 is 0. The Balaban J connectivity index is 2.41. The van der Waals surface area contributed by atoms with E-state index in [-0.39, 0.29) is 6.61 Å². The van der Waals surface area contributed by atoms with Gasteiger partial charge in [0.15, 0.2) is 0 Å². The van der Waals surface area contributed by atoms with E-state index in [1.807, 2.05) is 12.1 Å². The van der Waals surface area contributed by atoms with Crippen molar-refractivity contribution in [2.24, 2.45) is 0 Å². The van der Waals surface area contributed by atoms with Crippen LogP contribution in [0.15, 0.2) is 36.4 Å². The Morgan fingerprint density at radius 3 is 2.00 bits per heavy atom. The van der Waals surface area contributed by atoms with Crippen molar-refractivity contribution < 1.29 is 5.11 Å².